The standard InChI is InChI=1S/C17H21NO3S/c1-11(2)14(19)5-3-4-12-6-8-13(9-7-12)18-16(20)10-15(22)17(18)21/h6-9,11,15,22H,3-5,10H2,1-2H3. The highest BCUT2D eigenvalue weighted by atomic mass is 32.1. The largest absolute Gasteiger partial charge is 0.299 e. The maximum atomic E-state index is 11.9. The number of nitrogens with zero attached hydrogens (tertiary/aromatic N) is 1. The Morgan fingerprint density at radius 3 is 2.41 bits per heavy atom. The van der Waals surface area contributed by atoms with Crippen LogP contribution in [0, 0.1) is 5.92 Å². The molecule has 1 atom stereocenters. The highest BCUT2D eigenvalue weighted by Gasteiger charge is 2.37. The second kappa shape index (κ2) is 7.09. The van der Waals surface area contributed by atoms with Crippen LogP contribution in [0.25, 0.3) is 0 Å². The number of carbonyl (C=O) groups excluding carboxylic acids is 3. The Labute approximate surface area is 136 Å². The number of hydrogen-bond acceptors (Lipinski definition) is 4. The van der Waals surface area contributed by atoms with Crippen molar-refractivity contribution in [1.29, 1.82) is 0 Å². The monoisotopic (exact) mass is 319 g/mol. The number of imide groups is 1. The van der Waals surface area contributed by atoms with Crippen molar-refractivity contribution in [3.05, 3.63) is 29.8 Å². The van der Waals surface area contributed by atoms with Crippen molar-refractivity contribution in [3.63, 3.8) is 0 Å². The second-order valence-electron chi connectivity index (χ2n) is 5.93. The summed E-state index contributed by atoms with van der Waals surface area (Å²) < 4.78 is 0. The molecule has 2 rings (SSSR count). The normalized spacial score (nSPS) is 18.4. The molecule has 118 valence electrons. The number of aryl methyl sites for hydroxylation is 1. The van der Waals surface area contributed by atoms with E-state index in [1.165, 1.54) is 4.90 Å². The van der Waals surface area contributed by atoms with Crippen molar-refractivity contribution in [1.82, 2.24) is 0 Å². The number of hydrogen-bond donors (Lipinski definition) is 1. The molecule has 1 saturated heterocycles. The van der Waals surface area contributed by atoms with Gasteiger partial charge in [0.15, 0.2) is 0 Å². The van der Waals surface area contributed by atoms with E-state index < -0.39 is 5.25 Å². The lowest BCUT2D eigenvalue weighted by atomic mass is 10.0. The highest BCUT2D eigenvalue weighted by Crippen LogP contribution is 2.25. The van der Waals surface area contributed by atoms with E-state index in [9.17, 15) is 14.4 Å². The average molecular weight is 319 g/mol. The van der Waals surface area contributed by atoms with Crippen LogP contribution in [0.15, 0.2) is 24.3 Å². The van der Waals surface area contributed by atoms with Gasteiger partial charge in [-0.2, -0.15) is 12.6 Å². The predicted octanol–water partition coefficient (Wildman–Crippen LogP) is 2.80. The molecule has 0 aliphatic carbocycles. The SMILES string of the molecule is CC(C)C(=O)CCCc1ccc(N2C(=O)CC(S)C2=O)cc1. The third-order valence-electron chi connectivity index (χ3n) is 3.85. The van der Waals surface area contributed by atoms with Gasteiger partial charge >= 0.3 is 0 Å². The highest BCUT2D eigenvalue weighted by molar-refractivity contribution is 7.82. The molecule has 0 radical (unpaired) electrons. The van der Waals surface area contributed by atoms with Crippen LogP contribution in [0.2, 0.25) is 0 Å². The fraction of sp³-hybridized carbons (Fsp3) is 0.471. The van der Waals surface area contributed by atoms with Crippen LogP contribution < -0.4 is 4.90 Å². The number of ketones is 1. The minimum atomic E-state index is -0.533. The van der Waals surface area contributed by atoms with Crippen LogP contribution >= 0.6 is 12.6 Å². The molecule has 1 aliphatic rings. The van der Waals surface area contributed by atoms with E-state index in [0.29, 0.717) is 12.1 Å². The maximum absolute atomic E-state index is 11.9. The summed E-state index contributed by atoms with van der Waals surface area (Å²) in [5.41, 5.74) is 1.69. The Hall–Kier alpha value is -1.62. The fourth-order valence-corrected chi connectivity index (χ4v) is 2.73. The van der Waals surface area contributed by atoms with Gasteiger partial charge in [0, 0.05) is 18.8 Å². The van der Waals surface area contributed by atoms with E-state index in [1.807, 2.05) is 26.0 Å². The van der Waals surface area contributed by atoms with Gasteiger partial charge in [0.05, 0.1) is 10.9 Å². The zero-order valence-electron chi connectivity index (χ0n) is 12.9. The summed E-state index contributed by atoms with van der Waals surface area (Å²) in [6.07, 6.45) is 2.37. The van der Waals surface area contributed by atoms with Gasteiger partial charge in [-0.3, -0.25) is 14.4 Å². The summed E-state index contributed by atoms with van der Waals surface area (Å²) in [4.78, 5) is 36.5. The molecular formula is C17H21NO3S. The van der Waals surface area contributed by atoms with E-state index >= 15 is 0 Å². The maximum Gasteiger partial charge on any atom is 0.247 e. The summed E-state index contributed by atoms with van der Waals surface area (Å²) in [6, 6.07) is 7.37. The van der Waals surface area contributed by atoms with Crippen molar-refractivity contribution in [2.45, 2.75) is 44.8 Å². The smallest absolute Gasteiger partial charge is 0.247 e. The Bertz CT molecular complexity index is 580. The lowest BCUT2D eigenvalue weighted by molar-refractivity contribution is -0.122. The zero-order chi connectivity index (χ0) is 16.3. The number of rotatable bonds is 6. The average Bonchev–Trinajstić information content (AvgIpc) is 2.73. The van der Waals surface area contributed by atoms with Gasteiger partial charge in [-0.1, -0.05) is 26.0 Å². The first kappa shape index (κ1) is 16.7. The molecule has 0 spiro atoms. The van der Waals surface area contributed by atoms with Crippen LogP contribution in [-0.2, 0) is 20.8 Å². The molecule has 2 amide bonds. The van der Waals surface area contributed by atoms with E-state index in [-0.39, 0.29) is 29.9 Å². The molecule has 4 nitrogen and oxygen atoms in total. The first-order valence-corrected chi connectivity index (χ1v) is 8.08. The van der Waals surface area contributed by atoms with Crippen molar-refractivity contribution in [2.75, 3.05) is 4.90 Å². The molecule has 0 aromatic heterocycles. The van der Waals surface area contributed by atoms with Crippen molar-refractivity contribution >= 4 is 35.9 Å². The molecule has 1 aliphatic heterocycles. The third-order valence-corrected chi connectivity index (χ3v) is 4.25. The Morgan fingerprint density at radius 1 is 1.27 bits per heavy atom. The van der Waals surface area contributed by atoms with Crippen LogP contribution in [0.4, 0.5) is 5.69 Å². The molecule has 5 heteroatoms. The van der Waals surface area contributed by atoms with Gasteiger partial charge < -0.3 is 0 Å². The van der Waals surface area contributed by atoms with Gasteiger partial charge in [-0.15, -0.1) is 0 Å². The van der Waals surface area contributed by atoms with E-state index in [4.69, 9.17) is 0 Å². The molecule has 0 bridgehead atoms. The minimum absolute atomic E-state index is 0.0868. The van der Waals surface area contributed by atoms with Gasteiger partial charge in [0.2, 0.25) is 11.8 Å². The number of benzene rings is 1. The summed E-state index contributed by atoms with van der Waals surface area (Å²) >= 11 is 4.11. The lowest BCUT2D eigenvalue weighted by Gasteiger charge is -2.14. The molecule has 22 heavy (non-hydrogen) atoms. The molecule has 0 N–H and O–H groups in total. The summed E-state index contributed by atoms with van der Waals surface area (Å²) in [7, 11) is 0. The van der Waals surface area contributed by atoms with Gasteiger partial charge in [0.25, 0.3) is 0 Å². The molecule has 1 fully saturated rings. The quantitative estimate of drug-likeness (QED) is 0.648. The van der Waals surface area contributed by atoms with Crippen LogP contribution in [0.3, 0.4) is 0 Å². The van der Waals surface area contributed by atoms with E-state index in [0.717, 1.165) is 18.4 Å². The first-order chi connectivity index (χ1) is 10.4. The molecule has 0 saturated carbocycles. The Kier molecular flexibility index (Phi) is 5.40. The number of thiol groups is 1. The molecule has 1 unspecified atom stereocenters. The molecule has 1 aromatic rings. The minimum Gasteiger partial charge on any atom is -0.299 e. The van der Waals surface area contributed by atoms with Gasteiger partial charge in [0.1, 0.15) is 5.78 Å². The number of amides is 2. The topological polar surface area (TPSA) is 54.5 Å². The zero-order valence-corrected chi connectivity index (χ0v) is 13.8. The number of carbonyl (C=O) groups is 3. The molecular weight excluding hydrogens is 298 g/mol. The number of Topliss-reactive ketones (excluding diaryl/α,β-unsaturated/α-hetero) is 1. The van der Waals surface area contributed by atoms with Crippen molar-refractivity contribution in [2.24, 2.45) is 5.92 Å². The Balaban J connectivity index is 1.95. The molecule has 1 aromatic carbocycles. The van der Waals surface area contributed by atoms with Crippen LogP contribution in [0.1, 0.15) is 38.7 Å². The van der Waals surface area contributed by atoms with Gasteiger partial charge in [-0.05, 0) is 30.5 Å². The summed E-state index contributed by atoms with van der Waals surface area (Å²) in [6.45, 7) is 3.83. The van der Waals surface area contributed by atoms with Crippen LogP contribution in [-0.4, -0.2) is 22.8 Å². The Morgan fingerprint density at radius 2 is 1.91 bits per heavy atom. The van der Waals surface area contributed by atoms with E-state index in [1.54, 1.807) is 12.1 Å². The lowest BCUT2D eigenvalue weighted by Crippen LogP contribution is -2.30. The predicted molar refractivity (Wildman–Crippen MR) is 89.1 cm³/mol. The van der Waals surface area contributed by atoms with Crippen molar-refractivity contribution < 1.29 is 14.4 Å². The second-order valence-corrected chi connectivity index (χ2v) is 6.55. The van der Waals surface area contributed by atoms with Gasteiger partial charge in [-0.25, -0.2) is 4.90 Å². The molecule has 1 heterocycles. The van der Waals surface area contributed by atoms with Crippen LogP contribution in [0.5, 0.6) is 0 Å². The fourth-order valence-electron chi connectivity index (χ4n) is 2.45. The summed E-state index contributed by atoms with van der Waals surface area (Å²) in [5.74, 6) is -0.0997. The number of anilines is 1. The summed E-state index contributed by atoms with van der Waals surface area (Å²) in [5, 5.41) is -0.533. The van der Waals surface area contributed by atoms with E-state index in [2.05, 4.69) is 12.6 Å². The van der Waals surface area contributed by atoms with Crippen molar-refractivity contribution in [3.8, 4) is 0 Å². The third kappa shape index (κ3) is 3.77. The first-order valence-electron chi connectivity index (χ1n) is 7.56.